The number of carbonyl (C=O) groups excluding carboxylic acids is 1. The SMILES string of the molecule is C=CCn1c(CNc2cccc(Cl)c2C)nnc1SCC(=O)c1ccccc1. The van der Waals surface area contributed by atoms with E-state index in [1.807, 2.05) is 60.0 Å². The summed E-state index contributed by atoms with van der Waals surface area (Å²) in [7, 11) is 0. The molecule has 0 atom stereocenters. The molecule has 28 heavy (non-hydrogen) atoms. The third kappa shape index (κ3) is 4.82. The summed E-state index contributed by atoms with van der Waals surface area (Å²) in [6, 6.07) is 15.0. The highest BCUT2D eigenvalue weighted by atomic mass is 35.5. The molecule has 0 spiro atoms. The zero-order chi connectivity index (χ0) is 19.9. The summed E-state index contributed by atoms with van der Waals surface area (Å²) in [6.45, 7) is 6.85. The Hall–Kier alpha value is -2.57. The highest BCUT2D eigenvalue weighted by molar-refractivity contribution is 7.99. The van der Waals surface area contributed by atoms with E-state index < -0.39 is 0 Å². The number of aromatic nitrogens is 3. The Kier molecular flexibility index (Phi) is 6.90. The number of hydrogen-bond acceptors (Lipinski definition) is 5. The molecule has 0 radical (unpaired) electrons. The number of benzene rings is 2. The number of halogens is 1. The van der Waals surface area contributed by atoms with Crippen molar-refractivity contribution in [2.75, 3.05) is 11.1 Å². The molecule has 0 unspecified atom stereocenters. The van der Waals surface area contributed by atoms with Crippen LogP contribution in [0.3, 0.4) is 0 Å². The quantitative estimate of drug-likeness (QED) is 0.304. The van der Waals surface area contributed by atoms with E-state index in [-0.39, 0.29) is 5.78 Å². The smallest absolute Gasteiger partial charge is 0.192 e. The first-order valence-electron chi connectivity index (χ1n) is 8.83. The number of anilines is 1. The van der Waals surface area contributed by atoms with Crippen LogP contribution in [0.4, 0.5) is 5.69 Å². The number of nitrogens with one attached hydrogen (secondary N) is 1. The minimum absolute atomic E-state index is 0.0629. The van der Waals surface area contributed by atoms with Crippen LogP contribution >= 0.6 is 23.4 Å². The zero-order valence-electron chi connectivity index (χ0n) is 15.6. The first-order valence-corrected chi connectivity index (χ1v) is 10.2. The topological polar surface area (TPSA) is 59.8 Å². The first kappa shape index (κ1) is 20.2. The second-order valence-corrected chi connectivity index (χ2v) is 7.49. The predicted molar refractivity (Wildman–Crippen MR) is 115 cm³/mol. The maximum absolute atomic E-state index is 12.4. The van der Waals surface area contributed by atoms with Gasteiger partial charge in [0.15, 0.2) is 16.8 Å². The molecule has 0 aliphatic heterocycles. The van der Waals surface area contributed by atoms with Gasteiger partial charge in [-0.2, -0.15) is 0 Å². The fourth-order valence-corrected chi connectivity index (χ4v) is 3.72. The van der Waals surface area contributed by atoms with Crippen molar-refractivity contribution < 1.29 is 4.79 Å². The van der Waals surface area contributed by atoms with E-state index in [2.05, 4.69) is 22.1 Å². The minimum Gasteiger partial charge on any atom is -0.377 e. The Morgan fingerprint density at radius 3 is 2.75 bits per heavy atom. The molecule has 1 N–H and O–H groups in total. The van der Waals surface area contributed by atoms with E-state index in [0.717, 1.165) is 17.1 Å². The van der Waals surface area contributed by atoms with Crippen LogP contribution in [0.5, 0.6) is 0 Å². The zero-order valence-corrected chi connectivity index (χ0v) is 17.1. The molecule has 0 saturated carbocycles. The second kappa shape index (κ2) is 9.57. The van der Waals surface area contributed by atoms with E-state index in [1.54, 1.807) is 6.08 Å². The average Bonchev–Trinajstić information content (AvgIpc) is 3.10. The van der Waals surface area contributed by atoms with Gasteiger partial charge >= 0.3 is 0 Å². The molecule has 3 aromatic rings. The molecule has 0 bridgehead atoms. The Morgan fingerprint density at radius 1 is 1.21 bits per heavy atom. The molecule has 1 aromatic heterocycles. The fraction of sp³-hybridized carbons (Fsp3) is 0.190. The maximum atomic E-state index is 12.4. The Morgan fingerprint density at radius 2 is 2.00 bits per heavy atom. The van der Waals surface area contributed by atoms with Crippen molar-refractivity contribution in [2.24, 2.45) is 0 Å². The van der Waals surface area contributed by atoms with Gasteiger partial charge < -0.3 is 9.88 Å². The van der Waals surface area contributed by atoms with Crippen molar-refractivity contribution in [3.8, 4) is 0 Å². The summed E-state index contributed by atoms with van der Waals surface area (Å²) >= 11 is 7.56. The van der Waals surface area contributed by atoms with E-state index in [9.17, 15) is 4.79 Å². The monoisotopic (exact) mass is 412 g/mol. The summed E-state index contributed by atoms with van der Waals surface area (Å²) in [6.07, 6.45) is 1.79. The van der Waals surface area contributed by atoms with Crippen LogP contribution in [0.25, 0.3) is 0 Å². The largest absolute Gasteiger partial charge is 0.377 e. The third-order valence-electron chi connectivity index (χ3n) is 4.24. The van der Waals surface area contributed by atoms with Crippen LogP contribution in [0.15, 0.2) is 66.3 Å². The van der Waals surface area contributed by atoms with Crippen molar-refractivity contribution in [1.82, 2.24) is 14.8 Å². The van der Waals surface area contributed by atoms with Crippen molar-refractivity contribution in [2.45, 2.75) is 25.2 Å². The van der Waals surface area contributed by atoms with Gasteiger partial charge in [-0.25, -0.2) is 0 Å². The van der Waals surface area contributed by atoms with Gasteiger partial charge in [0.1, 0.15) is 0 Å². The minimum atomic E-state index is 0.0629. The van der Waals surface area contributed by atoms with Crippen molar-refractivity contribution >= 4 is 34.8 Å². The molecule has 0 amide bonds. The first-order chi connectivity index (χ1) is 13.6. The van der Waals surface area contributed by atoms with Gasteiger partial charge in [-0.3, -0.25) is 4.79 Å². The van der Waals surface area contributed by atoms with Crippen LogP contribution < -0.4 is 5.32 Å². The lowest BCUT2D eigenvalue weighted by Crippen LogP contribution is -2.10. The molecule has 0 saturated heterocycles. The number of hydrogen-bond donors (Lipinski definition) is 1. The summed E-state index contributed by atoms with van der Waals surface area (Å²) in [4.78, 5) is 12.4. The molecule has 3 rings (SSSR count). The molecule has 0 aliphatic carbocycles. The van der Waals surface area contributed by atoms with Gasteiger partial charge in [-0.15, -0.1) is 16.8 Å². The highest BCUT2D eigenvalue weighted by Gasteiger charge is 2.14. The molecule has 0 fully saturated rings. The van der Waals surface area contributed by atoms with Crippen molar-refractivity contribution in [3.05, 3.63) is 83.2 Å². The molecular formula is C21H21ClN4OS. The van der Waals surface area contributed by atoms with E-state index in [1.165, 1.54) is 11.8 Å². The van der Waals surface area contributed by atoms with Crippen LogP contribution in [-0.4, -0.2) is 26.3 Å². The van der Waals surface area contributed by atoms with Crippen molar-refractivity contribution in [1.29, 1.82) is 0 Å². The summed E-state index contributed by atoms with van der Waals surface area (Å²) in [5.41, 5.74) is 2.64. The molecule has 0 aliphatic rings. The number of ketones is 1. The average molecular weight is 413 g/mol. The molecule has 2 aromatic carbocycles. The number of thioether (sulfide) groups is 1. The third-order valence-corrected chi connectivity index (χ3v) is 5.61. The Balaban J connectivity index is 1.70. The summed E-state index contributed by atoms with van der Waals surface area (Å²) < 4.78 is 1.96. The van der Waals surface area contributed by atoms with Crippen LogP contribution in [0, 0.1) is 6.92 Å². The van der Waals surface area contributed by atoms with Gasteiger partial charge in [0, 0.05) is 22.8 Å². The number of nitrogens with zero attached hydrogens (tertiary/aromatic N) is 3. The Labute approximate surface area is 173 Å². The van der Waals surface area contributed by atoms with Gasteiger partial charge in [-0.1, -0.05) is 65.8 Å². The van der Waals surface area contributed by atoms with E-state index in [0.29, 0.717) is 34.6 Å². The Bertz CT molecular complexity index is 972. The van der Waals surface area contributed by atoms with Gasteiger partial charge in [0.25, 0.3) is 0 Å². The number of rotatable bonds is 9. The van der Waals surface area contributed by atoms with E-state index in [4.69, 9.17) is 11.6 Å². The lowest BCUT2D eigenvalue weighted by molar-refractivity contribution is 0.102. The fourth-order valence-electron chi connectivity index (χ4n) is 2.68. The molecule has 5 nitrogen and oxygen atoms in total. The number of Topliss-reactive ketones (excluding diaryl/α,β-unsaturated/α-hetero) is 1. The number of allylic oxidation sites excluding steroid dienone is 1. The molecular weight excluding hydrogens is 392 g/mol. The summed E-state index contributed by atoms with van der Waals surface area (Å²) in [5.74, 6) is 1.14. The number of carbonyl (C=O) groups is 1. The van der Waals surface area contributed by atoms with Gasteiger partial charge in [-0.05, 0) is 24.6 Å². The van der Waals surface area contributed by atoms with Crippen LogP contribution in [-0.2, 0) is 13.1 Å². The molecule has 144 valence electrons. The normalized spacial score (nSPS) is 10.6. The van der Waals surface area contributed by atoms with Crippen LogP contribution in [0.2, 0.25) is 5.02 Å². The predicted octanol–water partition coefficient (Wildman–Crippen LogP) is 5.01. The van der Waals surface area contributed by atoms with Gasteiger partial charge in [0.2, 0.25) is 0 Å². The standard InChI is InChI=1S/C21H21ClN4OS/c1-3-12-26-20(13-23-18-11-7-10-17(22)15(18)2)24-25-21(26)28-14-19(27)16-8-5-4-6-9-16/h3-11,23H,1,12-14H2,2H3. The van der Waals surface area contributed by atoms with Crippen LogP contribution in [0.1, 0.15) is 21.7 Å². The molecule has 1 heterocycles. The van der Waals surface area contributed by atoms with E-state index >= 15 is 0 Å². The maximum Gasteiger partial charge on any atom is 0.192 e. The second-order valence-electron chi connectivity index (χ2n) is 6.14. The molecule has 7 heteroatoms. The lowest BCUT2D eigenvalue weighted by atomic mass is 10.2. The van der Waals surface area contributed by atoms with Gasteiger partial charge in [0.05, 0.1) is 12.3 Å². The highest BCUT2D eigenvalue weighted by Crippen LogP contribution is 2.24. The van der Waals surface area contributed by atoms with Crippen molar-refractivity contribution in [3.63, 3.8) is 0 Å². The summed E-state index contributed by atoms with van der Waals surface area (Å²) in [5, 5.41) is 13.3. The lowest BCUT2D eigenvalue weighted by Gasteiger charge is -2.11.